The molecule has 1 aliphatic rings. The lowest BCUT2D eigenvalue weighted by Crippen LogP contribution is -2.37. The van der Waals surface area contributed by atoms with Gasteiger partial charge in [-0.05, 0) is 49.3 Å². The summed E-state index contributed by atoms with van der Waals surface area (Å²) in [5.74, 6) is 0.0294. The minimum absolute atomic E-state index is 0.0294. The predicted molar refractivity (Wildman–Crippen MR) is 119 cm³/mol. The Morgan fingerprint density at radius 1 is 1.16 bits per heavy atom. The summed E-state index contributed by atoms with van der Waals surface area (Å²) in [7, 11) is 5.77. The molecule has 2 amide bonds. The van der Waals surface area contributed by atoms with Crippen LogP contribution in [0.2, 0.25) is 0 Å². The number of aromatic nitrogens is 3. The molecule has 8 heteroatoms. The molecule has 0 saturated carbocycles. The van der Waals surface area contributed by atoms with E-state index in [0.29, 0.717) is 25.2 Å². The van der Waals surface area contributed by atoms with E-state index in [1.54, 1.807) is 24.2 Å². The van der Waals surface area contributed by atoms with Crippen LogP contribution in [-0.4, -0.2) is 82.5 Å². The number of hydrogen-bond donors (Lipinski definition) is 1. The van der Waals surface area contributed by atoms with Crippen LogP contribution in [0.4, 0.5) is 0 Å². The van der Waals surface area contributed by atoms with E-state index in [1.807, 2.05) is 48.3 Å². The Hall–Kier alpha value is -3.26. The summed E-state index contributed by atoms with van der Waals surface area (Å²) in [6.07, 6.45) is 4.70. The van der Waals surface area contributed by atoms with Gasteiger partial charge in [-0.25, -0.2) is 4.98 Å². The maximum atomic E-state index is 13.0. The molecule has 0 atom stereocenters. The van der Waals surface area contributed by atoms with Crippen LogP contribution >= 0.6 is 0 Å². The number of aromatic amines is 1. The van der Waals surface area contributed by atoms with Crippen LogP contribution in [0.3, 0.4) is 0 Å². The molecule has 3 aromatic rings. The highest BCUT2D eigenvalue weighted by atomic mass is 16.2. The summed E-state index contributed by atoms with van der Waals surface area (Å²) in [4.78, 5) is 35.7. The Labute approximate surface area is 181 Å². The van der Waals surface area contributed by atoms with Gasteiger partial charge < -0.3 is 14.7 Å². The summed E-state index contributed by atoms with van der Waals surface area (Å²) >= 11 is 0. The number of amides is 2. The van der Waals surface area contributed by atoms with Gasteiger partial charge in [-0.3, -0.25) is 14.7 Å². The van der Waals surface area contributed by atoms with Gasteiger partial charge in [0, 0.05) is 50.4 Å². The van der Waals surface area contributed by atoms with Crippen molar-refractivity contribution in [2.24, 2.45) is 0 Å². The van der Waals surface area contributed by atoms with Crippen LogP contribution in [0, 0.1) is 0 Å². The van der Waals surface area contributed by atoms with Crippen molar-refractivity contribution in [1.82, 2.24) is 29.9 Å². The van der Waals surface area contributed by atoms with E-state index in [0.717, 1.165) is 35.1 Å². The molecule has 4 rings (SSSR count). The first-order valence-corrected chi connectivity index (χ1v) is 10.5. The number of nitrogens with one attached hydrogen (secondary N) is 1. The molecule has 8 nitrogen and oxygen atoms in total. The lowest BCUT2D eigenvalue weighted by Gasteiger charge is -2.29. The fourth-order valence-electron chi connectivity index (χ4n) is 3.94. The van der Waals surface area contributed by atoms with E-state index in [9.17, 15) is 9.59 Å². The standard InChI is InChI=1S/C23H28N6O2/c1-27(2)9-10-28(3)23(31)17-6-4-5-16(11-17)12-21(30)29-8-7-19-18(15-29)13-24-22-20(19)14-25-26-22/h4-6,11,13-14H,7-10,12,15H2,1-3H3,(H,24,25,26). The van der Waals surface area contributed by atoms with E-state index in [4.69, 9.17) is 0 Å². The molecule has 0 unspecified atom stereocenters. The lowest BCUT2D eigenvalue weighted by atomic mass is 9.98. The molecular weight excluding hydrogens is 392 g/mol. The number of pyridine rings is 1. The highest BCUT2D eigenvalue weighted by molar-refractivity contribution is 5.94. The topological polar surface area (TPSA) is 85.4 Å². The van der Waals surface area contributed by atoms with Crippen LogP contribution in [0.15, 0.2) is 36.7 Å². The molecule has 162 valence electrons. The van der Waals surface area contributed by atoms with Crippen molar-refractivity contribution in [2.45, 2.75) is 19.4 Å². The fraction of sp³-hybridized carbons (Fsp3) is 0.391. The van der Waals surface area contributed by atoms with Crippen molar-refractivity contribution >= 4 is 22.8 Å². The van der Waals surface area contributed by atoms with E-state index in [1.165, 1.54) is 5.56 Å². The van der Waals surface area contributed by atoms with Crippen LogP contribution < -0.4 is 0 Å². The van der Waals surface area contributed by atoms with Crippen molar-refractivity contribution in [3.05, 3.63) is 58.9 Å². The van der Waals surface area contributed by atoms with Crippen LogP contribution in [0.25, 0.3) is 11.0 Å². The number of carbonyl (C=O) groups is 2. The van der Waals surface area contributed by atoms with Crippen LogP contribution in [0.5, 0.6) is 0 Å². The monoisotopic (exact) mass is 420 g/mol. The minimum atomic E-state index is -0.0294. The van der Waals surface area contributed by atoms with Crippen LogP contribution in [0.1, 0.15) is 27.0 Å². The maximum Gasteiger partial charge on any atom is 0.253 e. The van der Waals surface area contributed by atoms with E-state index in [2.05, 4.69) is 15.2 Å². The number of likely N-dealkylation sites (N-methyl/N-ethyl adjacent to an activating group) is 2. The summed E-state index contributed by atoms with van der Waals surface area (Å²) in [5.41, 5.74) is 4.54. The van der Waals surface area contributed by atoms with Crippen molar-refractivity contribution in [3.8, 4) is 0 Å². The SMILES string of the molecule is CN(C)CCN(C)C(=O)c1cccc(CC(=O)N2CCc3c(cnc4[nH]ncc34)C2)c1. The second-order valence-electron chi connectivity index (χ2n) is 8.37. The smallest absolute Gasteiger partial charge is 0.253 e. The highest BCUT2D eigenvalue weighted by Gasteiger charge is 2.23. The van der Waals surface area contributed by atoms with Gasteiger partial charge in [0.25, 0.3) is 5.91 Å². The third-order valence-corrected chi connectivity index (χ3v) is 5.79. The molecular formula is C23H28N6O2. The van der Waals surface area contributed by atoms with Gasteiger partial charge in [0.05, 0.1) is 12.6 Å². The summed E-state index contributed by atoms with van der Waals surface area (Å²) < 4.78 is 0. The lowest BCUT2D eigenvalue weighted by molar-refractivity contribution is -0.131. The van der Waals surface area contributed by atoms with Gasteiger partial charge in [0.2, 0.25) is 5.91 Å². The summed E-state index contributed by atoms with van der Waals surface area (Å²) in [6, 6.07) is 7.39. The van der Waals surface area contributed by atoms with Crippen molar-refractivity contribution < 1.29 is 9.59 Å². The molecule has 0 aliphatic carbocycles. The Morgan fingerprint density at radius 2 is 2.00 bits per heavy atom. The normalized spacial score (nSPS) is 13.5. The van der Waals surface area contributed by atoms with Crippen LogP contribution in [-0.2, 0) is 24.2 Å². The molecule has 1 aromatic carbocycles. The number of hydrogen-bond acceptors (Lipinski definition) is 5. The number of rotatable bonds is 6. The van der Waals surface area contributed by atoms with Gasteiger partial charge in [-0.15, -0.1) is 0 Å². The highest BCUT2D eigenvalue weighted by Crippen LogP contribution is 2.25. The zero-order valence-corrected chi connectivity index (χ0v) is 18.3. The number of nitrogens with zero attached hydrogens (tertiary/aromatic N) is 5. The Bertz CT molecular complexity index is 1110. The quantitative estimate of drug-likeness (QED) is 0.656. The van der Waals surface area contributed by atoms with Gasteiger partial charge in [0.1, 0.15) is 0 Å². The summed E-state index contributed by atoms with van der Waals surface area (Å²) in [6.45, 7) is 2.67. The number of fused-ring (bicyclic) bond motifs is 3. The Kier molecular flexibility index (Phi) is 5.99. The van der Waals surface area contributed by atoms with E-state index in [-0.39, 0.29) is 18.2 Å². The van der Waals surface area contributed by atoms with E-state index >= 15 is 0 Å². The first-order chi connectivity index (χ1) is 14.9. The molecule has 3 heterocycles. The third kappa shape index (κ3) is 4.59. The molecule has 0 bridgehead atoms. The molecule has 0 fully saturated rings. The fourth-order valence-corrected chi connectivity index (χ4v) is 3.94. The van der Waals surface area contributed by atoms with Crippen molar-refractivity contribution in [1.29, 1.82) is 0 Å². The third-order valence-electron chi connectivity index (χ3n) is 5.79. The maximum absolute atomic E-state index is 13.0. The van der Waals surface area contributed by atoms with Gasteiger partial charge in [-0.2, -0.15) is 5.10 Å². The minimum Gasteiger partial charge on any atom is -0.340 e. The first-order valence-electron chi connectivity index (χ1n) is 10.5. The second kappa shape index (κ2) is 8.85. The average molecular weight is 421 g/mol. The molecule has 0 radical (unpaired) electrons. The average Bonchev–Trinajstić information content (AvgIpc) is 3.26. The Morgan fingerprint density at radius 3 is 2.81 bits per heavy atom. The van der Waals surface area contributed by atoms with E-state index < -0.39 is 0 Å². The molecule has 2 aromatic heterocycles. The molecule has 1 aliphatic heterocycles. The summed E-state index contributed by atoms with van der Waals surface area (Å²) in [5, 5.41) is 8.01. The molecule has 1 N–H and O–H groups in total. The second-order valence-corrected chi connectivity index (χ2v) is 8.37. The van der Waals surface area contributed by atoms with Gasteiger partial charge >= 0.3 is 0 Å². The number of benzene rings is 1. The zero-order chi connectivity index (χ0) is 22.0. The molecule has 0 saturated heterocycles. The zero-order valence-electron chi connectivity index (χ0n) is 18.3. The molecule has 0 spiro atoms. The first kappa shape index (κ1) is 21.0. The molecule has 31 heavy (non-hydrogen) atoms. The van der Waals surface area contributed by atoms with Gasteiger partial charge in [-0.1, -0.05) is 12.1 Å². The van der Waals surface area contributed by atoms with Crippen molar-refractivity contribution in [2.75, 3.05) is 40.8 Å². The number of carbonyl (C=O) groups excluding carboxylic acids is 2. The van der Waals surface area contributed by atoms with Crippen molar-refractivity contribution in [3.63, 3.8) is 0 Å². The number of H-pyrrole nitrogens is 1. The Balaban J connectivity index is 1.42. The van der Waals surface area contributed by atoms with Gasteiger partial charge in [0.15, 0.2) is 5.65 Å². The largest absolute Gasteiger partial charge is 0.340 e. The predicted octanol–water partition coefficient (Wildman–Crippen LogP) is 1.72.